The lowest BCUT2D eigenvalue weighted by Gasteiger charge is -2.20. The number of nitrogens with zero attached hydrogens (tertiary/aromatic N) is 1. The van der Waals surface area contributed by atoms with Crippen LogP contribution < -0.4 is 10.1 Å². The summed E-state index contributed by atoms with van der Waals surface area (Å²) in [5, 5.41) is 4.42. The molecule has 0 spiro atoms. The smallest absolute Gasteiger partial charge is 0.173 e. The zero-order valence-corrected chi connectivity index (χ0v) is 11.4. The molecule has 0 aliphatic carbocycles. The minimum atomic E-state index is 0.614. The monoisotopic (exact) mass is 242 g/mol. The van der Waals surface area contributed by atoms with Crippen molar-refractivity contribution >= 4 is 11.3 Å². The molecule has 0 aliphatic heterocycles. The quantitative estimate of drug-likeness (QED) is 0.742. The first kappa shape index (κ1) is 13.5. The first-order chi connectivity index (χ1) is 7.63. The molecule has 0 aliphatic rings. The molecule has 1 aromatic heterocycles. The first-order valence-corrected chi connectivity index (χ1v) is 6.48. The van der Waals surface area contributed by atoms with E-state index in [2.05, 4.69) is 37.2 Å². The van der Waals surface area contributed by atoms with Gasteiger partial charge in [0.2, 0.25) is 0 Å². The second-order valence-corrected chi connectivity index (χ2v) is 5.31. The number of likely N-dealkylation sites (N-methyl/N-ethyl adjacent to an activating group) is 1. The Morgan fingerprint density at radius 2 is 2.19 bits per heavy atom. The molecule has 0 bridgehead atoms. The molecular formula is C12H22N2OS. The lowest BCUT2D eigenvalue weighted by Crippen LogP contribution is -2.33. The molecule has 3 nitrogen and oxygen atoms in total. The van der Waals surface area contributed by atoms with Crippen LogP contribution in [0.15, 0.2) is 12.1 Å². The molecule has 16 heavy (non-hydrogen) atoms. The highest BCUT2D eigenvalue weighted by atomic mass is 32.1. The van der Waals surface area contributed by atoms with E-state index < -0.39 is 0 Å². The van der Waals surface area contributed by atoms with Gasteiger partial charge in [0.15, 0.2) is 5.06 Å². The zero-order chi connectivity index (χ0) is 12.0. The third kappa shape index (κ3) is 4.51. The number of nitrogens with one attached hydrogen (secondary N) is 1. The summed E-state index contributed by atoms with van der Waals surface area (Å²) in [6.45, 7) is 7.46. The molecule has 4 heteroatoms. The SMILES string of the molecule is COc1ccc(CNCCN(C)C(C)C)s1. The zero-order valence-electron chi connectivity index (χ0n) is 10.6. The summed E-state index contributed by atoms with van der Waals surface area (Å²) in [6, 6.07) is 4.74. The van der Waals surface area contributed by atoms with Gasteiger partial charge in [0.1, 0.15) is 0 Å². The Bertz CT molecular complexity index is 299. The van der Waals surface area contributed by atoms with Crippen LogP contribution in [-0.4, -0.2) is 38.2 Å². The number of rotatable bonds is 7. The van der Waals surface area contributed by atoms with Crippen molar-refractivity contribution in [2.75, 3.05) is 27.2 Å². The topological polar surface area (TPSA) is 24.5 Å². The largest absolute Gasteiger partial charge is 0.487 e. The summed E-state index contributed by atoms with van der Waals surface area (Å²) >= 11 is 1.70. The molecule has 0 radical (unpaired) electrons. The lowest BCUT2D eigenvalue weighted by molar-refractivity contribution is 0.273. The van der Waals surface area contributed by atoms with Gasteiger partial charge in [-0.25, -0.2) is 0 Å². The number of ether oxygens (including phenoxy) is 1. The minimum absolute atomic E-state index is 0.614. The standard InChI is InChI=1S/C12H22N2OS/c1-10(2)14(3)8-7-13-9-11-5-6-12(15-4)16-11/h5-6,10,13H,7-9H2,1-4H3. The van der Waals surface area contributed by atoms with E-state index in [-0.39, 0.29) is 0 Å². The maximum Gasteiger partial charge on any atom is 0.173 e. The summed E-state index contributed by atoms with van der Waals surface area (Å²) in [4.78, 5) is 3.66. The Morgan fingerprint density at radius 1 is 1.44 bits per heavy atom. The van der Waals surface area contributed by atoms with Gasteiger partial charge >= 0.3 is 0 Å². The van der Waals surface area contributed by atoms with Crippen molar-refractivity contribution < 1.29 is 4.74 Å². The Hall–Kier alpha value is -0.580. The molecule has 1 heterocycles. The molecule has 1 rings (SSSR count). The van der Waals surface area contributed by atoms with Gasteiger partial charge in [-0.2, -0.15) is 0 Å². The number of thiophene rings is 1. The maximum absolute atomic E-state index is 5.15. The summed E-state index contributed by atoms with van der Waals surface area (Å²) < 4.78 is 5.15. The lowest BCUT2D eigenvalue weighted by atomic mass is 10.3. The van der Waals surface area contributed by atoms with Crippen molar-refractivity contribution in [3.05, 3.63) is 17.0 Å². The van der Waals surface area contributed by atoms with Crippen LogP contribution in [-0.2, 0) is 6.54 Å². The summed E-state index contributed by atoms with van der Waals surface area (Å²) in [7, 11) is 3.86. The molecule has 1 N–H and O–H groups in total. The minimum Gasteiger partial charge on any atom is -0.487 e. The van der Waals surface area contributed by atoms with Gasteiger partial charge in [-0.3, -0.25) is 0 Å². The number of hydrogen-bond acceptors (Lipinski definition) is 4. The normalized spacial score (nSPS) is 11.4. The molecule has 0 fully saturated rings. The van der Waals surface area contributed by atoms with E-state index >= 15 is 0 Å². The highest BCUT2D eigenvalue weighted by Crippen LogP contribution is 2.23. The predicted molar refractivity (Wildman–Crippen MR) is 70.3 cm³/mol. The summed E-state index contributed by atoms with van der Waals surface area (Å²) in [5.41, 5.74) is 0. The van der Waals surface area contributed by atoms with E-state index in [9.17, 15) is 0 Å². The van der Waals surface area contributed by atoms with E-state index in [0.717, 1.165) is 24.7 Å². The van der Waals surface area contributed by atoms with Crippen molar-refractivity contribution in [3.8, 4) is 5.06 Å². The molecule has 0 aromatic carbocycles. The molecule has 0 atom stereocenters. The van der Waals surface area contributed by atoms with Crippen LogP contribution in [0, 0.1) is 0 Å². The second-order valence-electron chi connectivity index (χ2n) is 4.18. The molecule has 0 unspecified atom stereocenters. The van der Waals surface area contributed by atoms with Crippen LogP contribution in [0.25, 0.3) is 0 Å². The first-order valence-electron chi connectivity index (χ1n) is 5.67. The van der Waals surface area contributed by atoms with Crippen molar-refractivity contribution in [2.45, 2.75) is 26.4 Å². The van der Waals surface area contributed by atoms with Gasteiger partial charge in [-0.05, 0) is 33.0 Å². The van der Waals surface area contributed by atoms with E-state index in [4.69, 9.17) is 4.74 Å². The Kier molecular flexibility index (Phi) is 5.80. The van der Waals surface area contributed by atoms with E-state index in [0.29, 0.717) is 6.04 Å². The van der Waals surface area contributed by atoms with Crippen molar-refractivity contribution in [2.24, 2.45) is 0 Å². The van der Waals surface area contributed by atoms with Gasteiger partial charge in [0, 0.05) is 30.6 Å². The van der Waals surface area contributed by atoms with Crippen LogP contribution in [0.3, 0.4) is 0 Å². The third-order valence-electron chi connectivity index (χ3n) is 2.66. The number of methoxy groups -OCH3 is 1. The summed E-state index contributed by atoms with van der Waals surface area (Å²) in [6.07, 6.45) is 0. The molecule has 0 saturated heterocycles. The number of hydrogen-bond donors (Lipinski definition) is 1. The van der Waals surface area contributed by atoms with Gasteiger partial charge in [0.05, 0.1) is 7.11 Å². The highest BCUT2D eigenvalue weighted by molar-refractivity contribution is 7.13. The Morgan fingerprint density at radius 3 is 2.75 bits per heavy atom. The van der Waals surface area contributed by atoms with Crippen LogP contribution in [0.4, 0.5) is 0 Å². The molecule has 0 saturated carbocycles. The van der Waals surface area contributed by atoms with Gasteiger partial charge in [-0.1, -0.05) is 0 Å². The van der Waals surface area contributed by atoms with Gasteiger partial charge in [0.25, 0.3) is 0 Å². The van der Waals surface area contributed by atoms with E-state index in [1.807, 2.05) is 6.07 Å². The Labute approximate surface area is 102 Å². The highest BCUT2D eigenvalue weighted by Gasteiger charge is 2.02. The molecule has 1 aromatic rings. The predicted octanol–water partition coefficient (Wildman–Crippen LogP) is 2.19. The van der Waals surface area contributed by atoms with Crippen LogP contribution in [0.5, 0.6) is 5.06 Å². The molecule has 0 amide bonds. The van der Waals surface area contributed by atoms with Gasteiger partial charge in [-0.15, -0.1) is 11.3 Å². The average molecular weight is 242 g/mol. The van der Waals surface area contributed by atoms with Crippen molar-refractivity contribution in [3.63, 3.8) is 0 Å². The van der Waals surface area contributed by atoms with Crippen LogP contribution in [0.1, 0.15) is 18.7 Å². The van der Waals surface area contributed by atoms with E-state index in [1.165, 1.54) is 4.88 Å². The van der Waals surface area contributed by atoms with Crippen molar-refractivity contribution in [1.82, 2.24) is 10.2 Å². The van der Waals surface area contributed by atoms with Crippen LogP contribution >= 0.6 is 11.3 Å². The fraction of sp³-hybridized carbons (Fsp3) is 0.667. The second kappa shape index (κ2) is 6.89. The summed E-state index contributed by atoms with van der Waals surface area (Å²) in [5.74, 6) is 0. The Balaban J connectivity index is 2.16. The molecular weight excluding hydrogens is 220 g/mol. The molecule has 92 valence electrons. The maximum atomic E-state index is 5.15. The average Bonchev–Trinajstić information content (AvgIpc) is 2.71. The van der Waals surface area contributed by atoms with Crippen molar-refractivity contribution in [1.29, 1.82) is 0 Å². The van der Waals surface area contributed by atoms with Gasteiger partial charge < -0.3 is 15.0 Å². The fourth-order valence-corrected chi connectivity index (χ4v) is 2.08. The fourth-order valence-electron chi connectivity index (χ4n) is 1.29. The third-order valence-corrected chi connectivity index (χ3v) is 3.71. The van der Waals surface area contributed by atoms with E-state index in [1.54, 1.807) is 18.4 Å². The van der Waals surface area contributed by atoms with Crippen LogP contribution in [0.2, 0.25) is 0 Å².